The van der Waals surface area contributed by atoms with Crippen LogP contribution in [-0.4, -0.2) is 24.1 Å². The molecule has 2 aromatic rings. The highest BCUT2D eigenvalue weighted by molar-refractivity contribution is 5.94. The molecule has 0 saturated carbocycles. The highest BCUT2D eigenvalue weighted by Crippen LogP contribution is 2.26. The van der Waals surface area contributed by atoms with Crippen LogP contribution in [0.1, 0.15) is 36.8 Å². The minimum Gasteiger partial charge on any atom is -0.464 e. The number of ether oxygens (including phenoxy) is 1. The van der Waals surface area contributed by atoms with Gasteiger partial charge in [0.25, 0.3) is 0 Å². The fourth-order valence-corrected chi connectivity index (χ4v) is 2.27. The quantitative estimate of drug-likeness (QED) is 0.850. The van der Waals surface area contributed by atoms with Crippen molar-refractivity contribution in [3.05, 3.63) is 47.8 Å². The fourth-order valence-electron chi connectivity index (χ4n) is 2.27. The number of anilines is 1. The van der Waals surface area contributed by atoms with E-state index in [0.29, 0.717) is 11.4 Å². The number of nitrogens with one attached hydrogen (secondary N) is 1. The summed E-state index contributed by atoms with van der Waals surface area (Å²) in [5, 5.41) is 3.26. The molecule has 4 nitrogen and oxygen atoms in total. The highest BCUT2D eigenvalue weighted by atomic mass is 16.5. The molecule has 0 unspecified atom stereocenters. The molecule has 1 N–H and O–H groups in total. The number of carbonyl (C=O) groups excluding carboxylic acids is 1. The second kappa shape index (κ2) is 7.07. The molecule has 1 aromatic heterocycles. The number of hydrogen-bond donors (Lipinski definition) is 1. The molecule has 0 aliphatic heterocycles. The van der Waals surface area contributed by atoms with E-state index < -0.39 is 5.97 Å². The van der Waals surface area contributed by atoms with Gasteiger partial charge < -0.3 is 10.1 Å². The third kappa shape index (κ3) is 3.64. The normalized spacial score (nSPS) is 10.6. The Morgan fingerprint density at radius 2 is 2.05 bits per heavy atom. The van der Waals surface area contributed by atoms with Gasteiger partial charge in [-0.15, -0.1) is 0 Å². The summed E-state index contributed by atoms with van der Waals surface area (Å²) in [6.45, 7) is 6.17. The van der Waals surface area contributed by atoms with Gasteiger partial charge in [0.15, 0.2) is 5.69 Å². The summed E-state index contributed by atoms with van der Waals surface area (Å²) < 4.78 is 4.80. The summed E-state index contributed by atoms with van der Waals surface area (Å²) in [5.74, 6) is -0.433. The van der Waals surface area contributed by atoms with Crippen LogP contribution in [-0.2, 0) is 11.2 Å². The number of nitrogens with zero attached hydrogens (tertiary/aromatic N) is 1. The van der Waals surface area contributed by atoms with Crippen molar-refractivity contribution in [1.29, 1.82) is 0 Å². The lowest BCUT2D eigenvalue weighted by Gasteiger charge is -2.14. The summed E-state index contributed by atoms with van der Waals surface area (Å²) >= 11 is 0. The van der Waals surface area contributed by atoms with E-state index in [-0.39, 0.29) is 6.04 Å². The fraction of sp³-hybridized carbons (Fsp3) is 0.333. The van der Waals surface area contributed by atoms with Gasteiger partial charge in [0, 0.05) is 17.8 Å². The van der Waals surface area contributed by atoms with Gasteiger partial charge in [-0.1, -0.05) is 31.2 Å². The number of carbonyl (C=O) groups is 1. The van der Waals surface area contributed by atoms with Gasteiger partial charge in [0.2, 0.25) is 0 Å². The Labute approximate surface area is 131 Å². The molecule has 0 spiro atoms. The number of pyridine rings is 1. The number of methoxy groups -OCH3 is 1. The predicted octanol–water partition coefficient (Wildman–Crippen LogP) is 3.92. The molecule has 2 rings (SSSR count). The van der Waals surface area contributed by atoms with Crippen LogP contribution in [0.4, 0.5) is 5.69 Å². The van der Waals surface area contributed by atoms with Crippen molar-refractivity contribution in [3.8, 4) is 11.1 Å². The molecule has 1 heterocycles. The Bertz CT molecular complexity index is 666. The maximum atomic E-state index is 11.8. The molecule has 1 aromatic carbocycles. The first-order valence-electron chi connectivity index (χ1n) is 7.49. The Morgan fingerprint density at radius 3 is 2.68 bits per heavy atom. The zero-order chi connectivity index (χ0) is 16.1. The summed E-state index contributed by atoms with van der Waals surface area (Å²) in [7, 11) is 1.36. The summed E-state index contributed by atoms with van der Waals surface area (Å²) in [4.78, 5) is 16.1. The third-order valence-electron chi connectivity index (χ3n) is 3.38. The lowest BCUT2D eigenvalue weighted by molar-refractivity contribution is 0.0595. The third-order valence-corrected chi connectivity index (χ3v) is 3.38. The zero-order valence-electron chi connectivity index (χ0n) is 13.5. The van der Waals surface area contributed by atoms with Gasteiger partial charge in [0.05, 0.1) is 12.8 Å². The van der Waals surface area contributed by atoms with Crippen LogP contribution in [0.15, 0.2) is 36.5 Å². The number of aromatic nitrogens is 1. The van der Waals surface area contributed by atoms with Crippen molar-refractivity contribution in [3.63, 3.8) is 0 Å². The van der Waals surface area contributed by atoms with Crippen molar-refractivity contribution in [2.24, 2.45) is 0 Å². The number of rotatable bonds is 5. The largest absolute Gasteiger partial charge is 0.464 e. The Kier molecular flexibility index (Phi) is 5.15. The Balaban J connectivity index is 2.47. The van der Waals surface area contributed by atoms with E-state index in [0.717, 1.165) is 17.5 Å². The monoisotopic (exact) mass is 298 g/mol. The van der Waals surface area contributed by atoms with E-state index in [9.17, 15) is 4.79 Å². The SMILES string of the molecule is CCc1cccc(-c2cnc(C(=O)OC)c(NC(C)C)c2)c1. The summed E-state index contributed by atoms with van der Waals surface area (Å²) in [5.41, 5.74) is 4.35. The van der Waals surface area contributed by atoms with E-state index in [4.69, 9.17) is 4.74 Å². The maximum Gasteiger partial charge on any atom is 0.358 e. The van der Waals surface area contributed by atoms with Crippen molar-refractivity contribution in [2.75, 3.05) is 12.4 Å². The number of hydrogen-bond acceptors (Lipinski definition) is 4. The molecule has 0 radical (unpaired) electrons. The molecule has 116 valence electrons. The van der Waals surface area contributed by atoms with Crippen molar-refractivity contribution >= 4 is 11.7 Å². The average Bonchev–Trinajstić information content (AvgIpc) is 2.53. The van der Waals surface area contributed by atoms with Crippen molar-refractivity contribution in [1.82, 2.24) is 4.98 Å². The highest BCUT2D eigenvalue weighted by Gasteiger charge is 2.15. The first-order valence-corrected chi connectivity index (χ1v) is 7.49. The van der Waals surface area contributed by atoms with E-state index in [1.54, 1.807) is 6.20 Å². The number of aryl methyl sites for hydroxylation is 1. The molecule has 0 amide bonds. The van der Waals surface area contributed by atoms with Crippen molar-refractivity contribution in [2.45, 2.75) is 33.2 Å². The number of benzene rings is 1. The molecule has 0 aliphatic rings. The second-order valence-corrected chi connectivity index (χ2v) is 5.46. The summed E-state index contributed by atoms with van der Waals surface area (Å²) in [6.07, 6.45) is 2.70. The predicted molar refractivity (Wildman–Crippen MR) is 89.1 cm³/mol. The first-order chi connectivity index (χ1) is 10.5. The van der Waals surface area contributed by atoms with Gasteiger partial charge in [-0.3, -0.25) is 0 Å². The lowest BCUT2D eigenvalue weighted by atomic mass is 10.0. The maximum absolute atomic E-state index is 11.8. The Morgan fingerprint density at radius 1 is 1.27 bits per heavy atom. The van der Waals surface area contributed by atoms with Crippen LogP contribution < -0.4 is 5.32 Å². The smallest absolute Gasteiger partial charge is 0.358 e. The molecule has 0 aliphatic carbocycles. The van der Waals surface area contributed by atoms with Gasteiger partial charge in [-0.05, 0) is 37.5 Å². The van der Waals surface area contributed by atoms with E-state index in [1.807, 2.05) is 32.0 Å². The first kappa shape index (κ1) is 16.0. The van der Waals surface area contributed by atoms with E-state index >= 15 is 0 Å². The van der Waals surface area contributed by atoms with Crippen LogP contribution >= 0.6 is 0 Å². The minimum atomic E-state index is -0.433. The van der Waals surface area contributed by atoms with Crippen LogP contribution in [0.3, 0.4) is 0 Å². The average molecular weight is 298 g/mol. The summed E-state index contributed by atoms with van der Waals surface area (Å²) in [6, 6.07) is 10.5. The standard InChI is InChI=1S/C18H22N2O2/c1-5-13-7-6-8-14(9-13)15-10-16(20-12(2)3)17(19-11-15)18(21)22-4/h6-12,20H,5H2,1-4H3. The van der Waals surface area contributed by atoms with Crippen molar-refractivity contribution < 1.29 is 9.53 Å². The molecule has 22 heavy (non-hydrogen) atoms. The van der Waals surface area contributed by atoms with Gasteiger partial charge in [-0.2, -0.15) is 0 Å². The topological polar surface area (TPSA) is 51.2 Å². The lowest BCUT2D eigenvalue weighted by Crippen LogP contribution is -2.15. The zero-order valence-corrected chi connectivity index (χ0v) is 13.5. The van der Waals surface area contributed by atoms with Gasteiger partial charge in [0.1, 0.15) is 0 Å². The molecule has 0 atom stereocenters. The number of esters is 1. The van der Waals surface area contributed by atoms with Crippen LogP contribution in [0, 0.1) is 0 Å². The van der Waals surface area contributed by atoms with Crippen LogP contribution in [0.2, 0.25) is 0 Å². The molecule has 4 heteroatoms. The molecule has 0 bridgehead atoms. The van der Waals surface area contributed by atoms with Gasteiger partial charge in [-0.25, -0.2) is 9.78 Å². The van der Waals surface area contributed by atoms with Crippen LogP contribution in [0.25, 0.3) is 11.1 Å². The van der Waals surface area contributed by atoms with E-state index in [1.165, 1.54) is 12.7 Å². The van der Waals surface area contributed by atoms with E-state index in [2.05, 4.69) is 29.4 Å². The molecular formula is C18H22N2O2. The van der Waals surface area contributed by atoms with Crippen LogP contribution in [0.5, 0.6) is 0 Å². The second-order valence-electron chi connectivity index (χ2n) is 5.46. The van der Waals surface area contributed by atoms with Gasteiger partial charge >= 0.3 is 5.97 Å². The Hall–Kier alpha value is -2.36. The minimum absolute atomic E-state index is 0.197. The molecular weight excluding hydrogens is 276 g/mol. The molecule has 0 saturated heterocycles. The molecule has 0 fully saturated rings.